The highest BCUT2D eigenvalue weighted by Gasteiger charge is 2.57. The van der Waals surface area contributed by atoms with Gasteiger partial charge in [-0.15, -0.1) is 0 Å². The van der Waals surface area contributed by atoms with Crippen LogP contribution >= 0.6 is 0 Å². The molecule has 1 saturated heterocycles. The Bertz CT molecular complexity index is 1590. The van der Waals surface area contributed by atoms with Crippen LogP contribution in [0.3, 0.4) is 0 Å². The molecule has 1 aromatic carbocycles. The third-order valence-electron chi connectivity index (χ3n) is 14.2. The van der Waals surface area contributed by atoms with E-state index in [4.69, 9.17) is 4.74 Å². The number of aliphatic hydroxyl groups excluding tert-OH is 3. The molecular formula is C39H54F3N5O5. The van der Waals surface area contributed by atoms with Crippen LogP contribution in [0.25, 0.3) is 0 Å². The van der Waals surface area contributed by atoms with E-state index in [9.17, 15) is 33.6 Å². The van der Waals surface area contributed by atoms with Gasteiger partial charge in [0.2, 0.25) is 0 Å². The Balaban J connectivity index is 0.755. The van der Waals surface area contributed by atoms with Gasteiger partial charge in [0.05, 0.1) is 37.3 Å². The van der Waals surface area contributed by atoms with Crippen LogP contribution in [0.4, 0.5) is 19.0 Å². The van der Waals surface area contributed by atoms with Gasteiger partial charge in [-0.3, -0.25) is 4.98 Å². The van der Waals surface area contributed by atoms with Crippen LogP contribution in [-0.2, 0) is 17.3 Å². The summed E-state index contributed by atoms with van der Waals surface area (Å²) in [6, 6.07) is 6.04. The summed E-state index contributed by atoms with van der Waals surface area (Å²) in [6.45, 7) is 3.72. The van der Waals surface area contributed by atoms with E-state index in [1.807, 2.05) is 12.1 Å². The number of phenols is 1. The first-order chi connectivity index (χ1) is 24.8. The molecule has 4 unspecified atom stereocenters. The molecule has 6 aliphatic rings. The molecule has 8 rings (SSSR count). The van der Waals surface area contributed by atoms with Crippen molar-refractivity contribution in [3.05, 3.63) is 47.4 Å². The number of phenolic OH excluding ortho intramolecular Hbond substituents is 1. The number of halogens is 3. The number of benzene rings is 1. The largest absolute Gasteiger partial charge is 0.508 e. The summed E-state index contributed by atoms with van der Waals surface area (Å²) in [6.07, 6.45) is 5.87. The van der Waals surface area contributed by atoms with E-state index in [2.05, 4.69) is 38.9 Å². The quantitative estimate of drug-likeness (QED) is 0.174. The van der Waals surface area contributed by atoms with Gasteiger partial charge in [0.1, 0.15) is 23.8 Å². The van der Waals surface area contributed by atoms with Gasteiger partial charge in [-0.2, -0.15) is 13.2 Å². The smallest absolute Gasteiger partial charge is 0.434 e. The van der Waals surface area contributed by atoms with Gasteiger partial charge in [0, 0.05) is 18.6 Å². The van der Waals surface area contributed by atoms with E-state index in [1.54, 1.807) is 0 Å². The monoisotopic (exact) mass is 729 g/mol. The van der Waals surface area contributed by atoms with Crippen LogP contribution in [0, 0.1) is 28.6 Å². The number of aromatic nitrogens is 2. The molecule has 7 N–H and O–H groups in total. The number of rotatable bonds is 10. The van der Waals surface area contributed by atoms with Crippen LogP contribution in [-0.4, -0.2) is 92.6 Å². The van der Waals surface area contributed by atoms with Crippen LogP contribution in [0.2, 0.25) is 0 Å². The summed E-state index contributed by atoms with van der Waals surface area (Å²) in [5, 5.41) is 52.7. The Morgan fingerprint density at radius 3 is 2.52 bits per heavy atom. The number of fused-ring (bicyclic) bond motifs is 5. The molecule has 286 valence electrons. The van der Waals surface area contributed by atoms with Crippen molar-refractivity contribution in [1.82, 2.24) is 20.6 Å². The highest BCUT2D eigenvalue weighted by molar-refractivity contribution is 5.41. The summed E-state index contributed by atoms with van der Waals surface area (Å²) in [4.78, 5) is 7.11. The Hall–Kier alpha value is -2.55. The van der Waals surface area contributed by atoms with Gasteiger partial charge in [0.25, 0.3) is 0 Å². The molecule has 0 radical (unpaired) electrons. The van der Waals surface area contributed by atoms with Crippen molar-refractivity contribution >= 4 is 5.82 Å². The lowest BCUT2D eigenvalue weighted by Gasteiger charge is -2.58. The zero-order chi connectivity index (χ0) is 36.4. The molecule has 52 heavy (non-hydrogen) atoms. The minimum Gasteiger partial charge on any atom is -0.508 e. The summed E-state index contributed by atoms with van der Waals surface area (Å²) >= 11 is 0. The van der Waals surface area contributed by atoms with Gasteiger partial charge in [-0.05, 0) is 135 Å². The minimum atomic E-state index is -4.64. The molecule has 13 heteroatoms. The van der Waals surface area contributed by atoms with Gasteiger partial charge in [-0.25, -0.2) is 4.98 Å². The van der Waals surface area contributed by atoms with Crippen LogP contribution in [0.5, 0.6) is 5.75 Å². The normalized spacial score (nSPS) is 41.0. The van der Waals surface area contributed by atoms with E-state index >= 15 is 0 Å². The number of nitrogens with one attached hydrogen (secondary N) is 3. The van der Waals surface area contributed by atoms with Crippen molar-refractivity contribution in [2.75, 3.05) is 25.0 Å². The fourth-order valence-electron chi connectivity index (χ4n) is 11.5. The second-order valence-corrected chi connectivity index (χ2v) is 17.4. The van der Waals surface area contributed by atoms with E-state index < -0.39 is 36.2 Å². The number of anilines is 1. The molecular weight excluding hydrogens is 675 g/mol. The van der Waals surface area contributed by atoms with Crippen molar-refractivity contribution in [2.24, 2.45) is 28.6 Å². The van der Waals surface area contributed by atoms with Crippen LogP contribution in [0.15, 0.2) is 30.6 Å². The van der Waals surface area contributed by atoms with E-state index in [-0.39, 0.29) is 23.9 Å². The molecule has 0 amide bonds. The highest BCUT2D eigenvalue weighted by atomic mass is 19.4. The van der Waals surface area contributed by atoms with Crippen LogP contribution in [0.1, 0.15) is 93.9 Å². The maximum Gasteiger partial charge on any atom is 0.434 e. The van der Waals surface area contributed by atoms with Gasteiger partial charge in [0.15, 0.2) is 5.69 Å². The second-order valence-electron chi connectivity index (χ2n) is 17.4. The molecule has 1 aromatic heterocycles. The van der Waals surface area contributed by atoms with Gasteiger partial charge >= 0.3 is 6.18 Å². The number of ether oxygens (including phenoxy) is 1. The molecule has 5 aliphatic carbocycles. The van der Waals surface area contributed by atoms with E-state index in [0.29, 0.717) is 59.7 Å². The van der Waals surface area contributed by atoms with Crippen molar-refractivity contribution in [3.63, 3.8) is 0 Å². The number of hydrogen-bond acceptors (Lipinski definition) is 10. The lowest BCUT2D eigenvalue weighted by Crippen LogP contribution is -2.62. The Morgan fingerprint density at radius 1 is 0.981 bits per heavy atom. The molecule has 2 aromatic rings. The average molecular weight is 730 g/mol. The number of aromatic hydroxyl groups is 1. The third-order valence-corrected chi connectivity index (χ3v) is 14.2. The number of alkyl halides is 3. The summed E-state index contributed by atoms with van der Waals surface area (Å²) < 4.78 is 44.8. The number of nitrogens with zero attached hydrogens (tertiary/aromatic N) is 2. The van der Waals surface area contributed by atoms with Gasteiger partial charge < -0.3 is 41.1 Å². The predicted octanol–water partition coefficient (Wildman–Crippen LogP) is 4.52. The van der Waals surface area contributed by atoms with Crippen molar-refractivity contribution in [1.29, 1.82) is 0 Å². The molecule has 0 bridgehead atoms. The standard InChI is InChI=1S/C39H54F3N5O5/c1-37-9-8-27-26-5-4-25(48)12-22(26)11-21(34(27)28(37)6-7-32(37)49)3-2-10-44-23-13-38(14-23)15-24(16-38)45-17-30-36(51)35(50)29(20-52-30)46-33-19-43-18-31(47-33)39(40,41)42/h4-5,12,18-19,21,23-24,27-30,32,34-36,44-45,48-51H,2-3,6-11,13-17,20H2,1H3,(H,46,47)/t21?,23?,24?,27?,28?,29-,30+,32-,34?,35+,36-,37-,38?/m0/s1. The predicted molar refractivity (Wildman–Crippen MR) is 188 cm³/mol. The summed E-state index contributed by atoms with van der Waals surface area (Å²) in [5.74, 6) is 2.47. The topological polar surface area (TPSA) is 152 Å². The highest BCUT2D eigenvalue weighted by Crippen LogP contribution is 2.63. The zero-order valence-electron chi connectivity index (χ0n) is 29.9. The third kappa shape index (κ3) is 6.83. The first-order valence-electron chi connectivity index (χ1n) is 19.4. The molecule has 5 fully saturated rings. The molecule has 1 aliphatic heterocycles. The summed E-state index contributed by atoms with van der Waals surface area (Å²) in [7, 11) is 0. The summed E-state index contributed by atoms with van der Waals surface area (Å²) in [5.41, 5.74) is 2.00. The minimum absolute atomic E-state index is 0.00636. The lowest BCUT2D eigenvalue weighted by molar-refractivity contribution is -0.142. The maximum atomic E-state index is 13.0. The Labute approximate surface area is 303 Å². The fraction of sp³-hybridized carbons (Fsp3) is 0.744. The lowest BCUT2D eigenvalue weighted by atomic mass is 9.52. The maximum absolute atomic E-state index is 13.0. The van der Waals surface area contributed by atoms with E-state index in [0.717, 1.165) is 83.4 Å². The van der Waals surface area contributed by atoms with Crippen LogP contribution < -0.4 is 16.0 Å². The van der Waals surface area contributed by atoms with Crippen molar-refractivity contribution < 1.29 is 38.3 Å². The Morgan fingerprint density at radius 2 is 1.75 bits per heavy atom. The fourth-order valence-corrected chi connectivity index (χ4v) is 11.5. The Kier molecular flexibility index (Phi) is 9.77. The molecule has 1 spiro atoms. The van der Waals surface area contributed by atoms with Crippen molar-refractivity contribution in [2.45, 2.75) is 132 Å². The number of aliphatic hydroxyl groups is 3. The molecule has 4 saturated carbocycles. The molecule has 10 nitrogen and oxygen atoms in total. The first-order valence-corrected chi connectivity index (χ1v) is 19.4. The SMILES string of the molecule is C[C@]12CCC3c4ccc(O)cc4CC(CCCNC4CC5(C4)CC(NC[C@H]4OC[C@H](Nc6cncc(C(F)(F)F)n6)[C@@H](O)[C@H]4O)C5)C3C1CC[C@@H]2O. The number of hydrogen-bond donors (Lipinski definition) is 7. The van der Waals surface area contributed by atoms with Gasteiger partial charge in [-0.1, -0.05) is 13.0 Å². The second kappa shape index (κ2) is 13.9. The average Bonchev–Trinajstić information content (AvgIpc) is 3.38. The van der Waals surface area contributed by atoms with Crippen molar-refractivity contribution in [3.8, 4) is 5.75 Å². The zero-order valence-corrected chi connectivity index (χ0v) is 29.9. The first kappa shape index (κ1) is 36.4. The van der Waals surface area contributed by atoms with E-state index in [1.165, 1.54) is 11.1 Å². The molecule has 10 atom stereocenters. The molecule has 2 heterocycles.